The SMILES string of the molecule is CCOC(=O)c1c(NC(=S)Nc2cccnc2)sc2c1CCCC2. The first kappa shape index (κ1) is 16.9. The van der Waals surface area contributed by atoms with Gasteiger partial charge in [-0.1, -0.05) is 0 Å². The highest BCUT2D eigenvalue weighted by Crippen LogP contribution is 2.38. The molecule has 0 amide bonds. The molecule has 2 heterocycles. The summed E-state index contributed by atoms with van der Waals surface area (Å²) in [6, 6.07) is 3.71. The third kappa shape index (κ3) is 3.73. The summed E-state index contributed by atoms with van der Waals surface area (Å²) in [4.78, 5) is 17.7. The number of aryl methyl sites for hydroxylation is 1. The van der Waals surface area contributed by atoms with Gasteiger partial charge in [0, 0.05) is 11.1 Å². The van der Waals surface area contributed by atoms with Gasteiger partial charge in [-0.3, -0.25) is 4.98 Å². The maximum atomic E-state index is 12.4. The first-order valence-electron chi connectivity index (χ1n) is 7.98. The molecule has 0 unspecified atom stereocenters. The second kappa shape index (κ2) is 7.72. The molecule has 1 aliphatic carbocycles. The monoisotopic (exact) mass is 361 g/mol. The summed E-state index contributed by atoms with van der Waals surface area (Å²) in [5.74, 6) is -0.274. The van der Waals surface area contributed by atoms with E-state index in [4.69, 9.17) is 17.0 Å². The number of ether oxygens (including phenoxy) is 1. The van der Waals surface area contributed by atoms with E-state index in [0.717, 1.165) is 41.9 Å². The summed E-state index contributed by atoms with van der Waals surface area (Å²) in [7, 11) is 0. The van der Waals surface area contributed by atoms with Crippen LogP contribution in [0, 0.1) is 0 Å². The second-order valence-electron chi connectivity index (χ2n) is 5.46. The van der Waals surface area contributed by atoms with Crippen LogP contribution in [0.25, 0.3) is 0 Å². The van der Waals surface area contributed by atoms with Crippen LogP contribution >= 0.6 is 23.6 Å². The Kier molecular flexibility index (Phi) is 5.42. The Hall–Kier alpha value is -1.99. The van der Waals surface area contributed by atoms with Crippen LogP contribution in [-0.2, 0) is 17.6 Å². The fraction of sp³-hybridized carbons (Fsp3) is 0.353. The molecule has 0 atom stereocenters. The molecule has 0 aromatic carbocycles. The number of rotatable bonds is 4. The number of thiophene rings is 1. The minimum atomic E-state index is -0.274. The van der Waals surface area contributed by atoms with Gasteiger partial charge in [0.25, 0.3) is 0 Å². The molecule has 0 saturated heterocycles. The summed E-state index contributed by atoms with van der Waals surface area (Å²) in [5.41, 5.74) is 2.57. The van der Waals surface area contributed by atoms with Gasteiger partial charge in [0.1, 0.15) is 5.00 Å². The largest absolute Gasteiger partial charge is 0.462 e. The van der Waals surface area contributed by atoms with Crippen molar-refractivity contribution in [2.24, 2.45) is 0 Å². The number of pyridine rings is 1. The lowest BCUT2D eigenvalue weighted by Crippen LogP contribution is -2.20. The van der Waals surface area contributed by atoms with E-state index < -0.39 is 0 Å². The molecule has 24 heavy (non-hydrogen) atoms. The first-order chi connectivity index (χ1) is 11.7. The van der Waals surface area contributed by atoms with E-state index in [0.29, 0.717) is 17.3 Å². The van der Waals surface area contributed by atoms with Crippen molar-refractivity contribution in [1.82, 2.24) is 4.98 Å². The predicted molar refractivity (Wildman–Crippen MR) is 101 cm³/mol. The standard InChI is InChI=1S/C17H19N3O2S2/c1-2-22-16(21)14-12-7-3-4-8-13(12)24-15(14)20-17(23)19-11-6-5-9-18-10-11/h5-6,9-10H,2-4,7-8H2,1H3,(H2,19,20,23). The zero-order valence-corrected chi connectivity index (χ0v) is 15.1. The predicted octanol–water partition coefficient (Wildman–Crippen LogP) is 4.01. The van der Waals surface area contributed by atoms with Crippen LogP contribution in [0.3, 0.4) is 0 Å². The van der Waals surface area contributed by atoms with Gasteiger partial charge >= 0.3 is 5.97 Å². The second-order valence-corrected chi connectivity index (χ2v) is 6.97. The summed E-state index contributed by atoms with van der Waals surface area (Å²) < 4.78 is 5.25. The molecule has 0 bridgehead atoms. The number of esters is 1. The quantitative estimate of drug-likeness (QED) is 0.634. The minimum Gasteiger partial charge on any atom is -0.462 e. The molecule has 1 aliphatic rings. The van der Waals surface area contributed by atoms with Gasteiger partial charge in [-0.25, -0.2) is 4.79 Å². The molecule has 0 radical (unpaired) electrons. The summed E-state index contributed by atoms with van der Waals surface area (Å²) >= 11 is 6.97. The van der Waals surface area contributed by atoms with Crippen molar-refractivity contribution in [3.8, 4) is 0 Å². The van der Waals surface area contributed by atoms with Crippen LogP contribution in [0.1, 0.15) is 40.6 Å². The highest BCUT2D eigenvalue weighted by atomic mass is 32.1. The molecule has 5 nitrogen and oxygen atoms in total. The van der Waals surface area contributed by atoms with Crippen LogP contribution in [0.15, 0.2) is 24.5 Å². The van der Waals surface area contributed by atoms with E-state index in [1.807, 2.05) is 19.1 Å². The zero-order valence-electron chi connectivity index (χ0n) is 13.4. The summed E-state index contributed by atoms with van der Waals surface area (Å²) in [6.07, 6.45) is 7.59. The van der Waals surface area contributed by atoms with Crippen molar-refractivity contribution >= 4 is 45.3 Å². The fourth-order valence-electron chi connectivity index (χ4n) is 2.78. The van der Waals surface area contributed by atoms with Crippen molar-refractivity contribution in [2.75, 3.05) is 17.2 Å². The van der Waals surface area contributed by atoms with Crippen molar-refractivity contribution in [3.05, 3.63) is 40.5 Å². The highest BCUT2D eigenvalue weighted by Gasteiger charge is 2.26. The van der Waals surface area contributed by atoms with Crippen LogP contribution in [-0.4, -0.2) is 22.7 Å². The van der Waals surface area contributed by atoms with E-state index >= 15 is 0 Å². The number of hydrogen-bond acceptors (Lipinski definition) is 5. The molecule has 0 aliphatic heterocycles. The van der Waals surface area contributed by atoms with Crippen molar-refractivity contribution in [3.63, 3.8) is 0 Å². The van der Waals surface area contributed by atoms with E-state index in [1.165, 1.54) is 4.88 Å². The summed E-state index contributed by atoms with van der Waals surface area (Å²) in [6.45, 7) is 2.18. The Labute approximate surface area is 150 Å². The van der Waals surface area contributed by atoms with Crippen molar-refractivity contribution in [2.45, 2.75) is 32.6 Å². The number of nitrogens with one attached hydrogen (secondary N) is 2. The average Bonchev–Trinajstić information content (AvgIpc) is 2.93. The van der Waals surface area contributed by atoms with E-state index in [9.17, 15) is 4.79 Å². The van der Waals surface area contributed by atoms with Crippen LogP contribution in [0.4, 0.5) is 10.7 Å². The lowest BCUT2D eigenvalue weighted by atomic mass is 9.95. The van der Waals surface area contributed by atoms with Gasteiger partial charge in [-0.05, 0) is 62.5 Å². The number of anilines is 2. The molecular formula is C17H19N3O2S2. The molecule has 2 aromatic heterocycles. The highest BCUT2D eigenvalue weighted by molar-refractivity contribution is 7.80. The number of nitrogens with zero attached hydrogens (tertiary/aromatic N) is 1. The Bertz CT molecular complexity index is 744. The average molecular weight is 361 g/mol. The smallest absolute Gasteiger partial charge is 0.341 e. The molecule has 0 spiro atoms. The topological polar surface area (TPSA) is 63.2 Å². The van der Waals surface area contributed by atoms with E-state index in [-0.39, 0.29) is 5.97 Å². The third-order valence-electron chi connectivity index (χ3n) is 3.80. The summed E-state index contributed by atoms with van der Waals surface area (Å²) in [5, 5.41) is 7.45. The fourth-order valence-corrected chi connectivity index (χ4v) is 4.34. The van der Waals surface area contributed by atoms with Crippen molar-refractivity contribution in [1.29, 1.82) is 0 Å². The van der Waals surface area contributed by atoms with E-state index in [2.05, 4.69) is 15.6 Å². The molecule has 2 N–H and O–H groups in total. The first-order valence-corrected chi connectivity index (χ1v) is 9.21. The minimum absolute atomic E-state index is 0.274. The number of thiocarbonyl (C=S) groups is 1. The Morgan fingerprint density at radius 1 is 1.38 bits per heavy atom. The molecular weight excluding hydrogens is 342 g/mol. The van der Waals surface area contributed by atoms with Gasteiger partial charge in [0.2, 0.25) is 0 Å². The molecule has 0 saturated carbocycles. The van der Waals surface area contributed by atoms with Gasteiger partial charge in [0.15, 0.2) is 5.11 Å². The van der Waals surface area contributed by atoms with Gasteiger partial charge in [-0.2, -0.15) is 0 Å². The lowest BCUT2D eigenvalue weighted by molar-refractivity contribution is 0.0526. The molecule has 0 fully saturated rings. The lowest BCUT2D eigenvalue weighted by Gasteiger charge is -2.13. The van der Waals surface area contributed by atoms with Crippen LogP contribution in [0.5, 0.6) is 0 Å². The number of fused-ring (bicyclic) bond motifs is 1. The van der Waals surface area contributed by atoms with Crippen LogP contribution < -0.4 is 10.6 Å². The molecule has 2 aromatic rings. The normalized spacial score (nSPS) is 13.0. The Morgan fingerprint density at radius 2 is 2.21 bits per heavy atom. The van der Waals surface area contributed by atoms with Crippen LogP contribution in [0.2, 0.25) is 0 Å². The maximum absolute atomic E-state index is 12.4. The number of carbonyl (C=O) groups is 1. The van der Waals surface area contributed by atoms with Gasteiger partial charge < -0.3 is 15.4 Å². The Balaban J connectivity index is 1.82. The maximum Gasteiger partial charge on any atom is 0.341 e. The third-order valence-corrected chi connectivity index (χ3v) is 5.21. The number of carbonyl (C=O) groups excluding carboxylic acids is 1. The van der Waals surface area contributed by atoms with Gasteiger partial charge in [-0.15, -0.1) is 11.3 Å². The zero-order chi connectivity index (χ0) is 16.9. The molecule has 3 rings (SSSR count). The number of aromatic nitrogens is 1. The number of hydrogen-bond donors (Lipinski definition) is 2. The van der Waals surface area contributed by atoms with Crippen molar-refractivity contribution < 1.29 is 9.53 Å². The molecule has 126 valence electrons. The van der Waals surface area contributed by atoms with Gasteiger partial charge in [0.05, 0.1) is 24.1 Å². The molecule has 7 heteroatoms. The Morgan fingerprint density at radius 3 is 2.96 bits per heavy atom. The van der Waals surface area contributed by atoms with E-state index in [1.54, 1.807) is 23.7 Å².